The highest BCUT2D eigenvalue weighted by molar-refractivity contribution is 7.96. The number of rotatable bonds is 6. The highest BCUT2D eigenvalue weighted by atomic mass is 32.2. The Labute approximate surface area is 180 Å². The third-order valence-corrected chi connectivity index (χ3v) is 7.68. The molecule has 0 radical (unpaired) electrons. The number of alkyl halides is 1. The molecule has 6 rings (SSSR count). The summed E-state index contributed by atoms with van der Waals surface area (Å²) in [5.74, 6) is 0.464. The van der Waals surface area contributed by atoms with E-state index in [0.717, 1.165) is 24.8 Å². The summed E-state index contributed by atoms with van der Waals surface area (Å²) in [7, 11) is 0. The van der Waals surface area contributed by atoms with E-state index in [1.807, 2.05) is 42.7 Å². The van der Waals surface area contributed by atoms with Gasteiger partial charge in [-0.2, -0.15) is 0 Å². The van der Waals surface area contributed by atoms with Crippen LogP contribution >= 0.6 is 11.9 Å². The van der Waals surface area contributed by atoms with Crippen LogP contribution in [0, 0.1) is 17.2 Å². The summed E-state index contributed by atoms with van der Waals surface area (Å²) in [5, 5.41) is 0. The average Bonchev–Trinajstić information content (AvgIpc) is 2.98. The fourth-order valence-corrected chi connectivity index (χ4v) is 6.06. The lowest BCUT2D eigenvalue weighted by Crippen LogP contribution is -2.62. The Balaban J connectivity index is 1.45. The van der Waals surface area contributed by atoms with Crippen LogP contribution in [0.15, 0.2) is 48.5 Å². The molecule has 4 aliphatic rings. The molecule has 3 saturated carbocycles. The van der Waals surface area contributed by atoms with Gasteiger partial charge >= 0.3 is 0 Å². The van der Waals surface area contributed by atoms with Gasteiger partial charge in [-0.15, -0.1) is 0 Å². The van der Waals surface area contributed by atoms with E-state index in [1.54, 1.807) is 17.0 Å². The predicted octanol–water partition coefficient (Wildman–Crippen LogP) is 4.62. The van der Waals surface area contributed by atoms with Crippen molar-refractivity contribution < 1.29 is 13.6 Å². The number of carbonyl (C=O) groups is 1. The molecule has 4 fully saturated rings. The Morgan fingerprint density at radius 1 is 1.17 bits per heavy atom. The van der Waals surface area contributed by atoms with Crippen molar-refractivity contribution in [1.29, 1.82) is 0 Å². The zero-order valence-corrected chi connectivity index (χ0v) is 17.8. The van der Waals surface area contributed by atoms with E-state index in [0.29, 0.717) is 23.5 Å². The molecule has 1 N–H and O–H groups in total. The molecular weight excluding hydrogens is 402 g/mol. The van der Waals surface area contributed by atoms with Gasteiger partial charge in [0, 0.05) is 5.56 Å². The summed E-state index contributed by atoms with van der Waals surface area (Å²) in [4.78, 5) is 15.0. The number of benzene rings is 2. The summed E-state index contributed by atoms with van der Waals surface area (Å²) >= 11 is 1.35. The highest BCUT2D eigenvalue weighted by Gasteiger charge is 2.64. The third-order valence-electron chi connectivity index (χ3n) is 7.17. The summed E-state index contributed by atoms with van der Waals surface area (Å²) in [6, 6.07) is 13.9. The number of nitrogens with zero attached hydrogens (tertiary/aromatic N) is 1. The predicted molar refractivity (Wildman–Crippen MR) is 116 cm³/mol. The Bertz CT molecular complexity index is 936. The van der Waals surface area contributed by atoms with Gasteiger partial charge in [-0.3, -0.25) is 9.52 Å². The Morgan fingerprint density at radius 3 is 2.53 bits per heavy atom. The molecule has 158 valence electrons. The summed E-state index contributed by atoms with van der Waals surface area (Å²) in [6.45, 7) is 0.0914. The quantitative estimate of drug-likeness (QED) is 0.682. The lowest BCUT2D eigenvalue weighted by atomic mass is 9.44. The van der Waals surface area contributed by atoms with Gasteiger partial charge in [0.05, 0.1) is 24.0 Å². The molecule has 3 unspecified atom stereocenters. The van der Waals surface area contributed by atoms with E-state index in [4.69, 9.17) is 0 Å². The van der Waals surface area contributed by atoms with Crippen LogP contribution in [0.5, 0.6) is 0 Å². The first-order valence-corrected chi connectivity index (χ1v) is 11.8. The number of carbonyl (C=O) groups excluding carboxylic acids is 1. The van der Waals surface area contributed by atoms with E-state index < -0.39 is 18.3 Å². The molecule has 1 saturated heterocycles. The van der Waals surface area contributed by atoms with Crippen LogP contribution < -0.4 is 4.72 Å². The van der Waals surface area contributed by atoms with E-state index in [9.17, 15) is 9.18 Å². The van der Waals surface area contributed by atoms with Crippen molar-refractivity contribution in [3.05, 3.63) is 59.9 Å². The van der Waals surface area contributed by atoms with Gasteiger partial charge in [0.2, 0.25) is 5.91 Å². The maximum atomic E-state index is 15.4. The molecule has 0 aromatic heterocycles. The standard InChI is InChI=1S/C24H26F2N2OS/c1-30-27-22-19(25)14-28(23(29)24-11-15(12-24)13-24)20(22)10-17-8-5-9-18(21(17)26)16-6-3-2-4-7-16/h2-9,15,19-20,22,27H,10-14H2,1H3. The van der Waals surface area contributed by atoms with Crippen LogP contribution in [-0.2, 0) is 11.2 Å². The van der Waals surface area contributed by atoms with E-state index in [1.165, 1.54) is 11.9 Å². The fourth-order valence-electron chi connectivity index (χ4n) is 5.48. The SMILES string of the molecule is CSNC1C(F)CN(C(=O)C23CC(C2)C3)C1Cc1cccc(-c2ccccc2)c1F. The van der Waals surface area contributed by atoms with Crippen molar-refractivity contribution in [1.82, 2.24) is 9.62 Å². The number of nitrogens with one attached hydrogen (secondary N) is 1. The number of hydrogen-bond donors (Lipinski definition) is 1. The van der Waals surface area contributed by atoms with Crippen LogP contribution in [0.2, 0.25) is 0 Å². The van der Waals surface area contributed by atoms with Crippen molar-refractivity contribution in [3.8, 4) is 11.1 Å². The molecule has 0 spiro atoms. The number of likely N-dealkylation sites (tertiary alicyclic amines) is 1. The first-order valence-electron chi connectivity index (χ1n) is 10.6. The van der Waals surface area contributed by atoms with Crippen LogP contribution in [0.25, 0.3) is 11.1 Å². The van der Waals surface area contributed by atoms with Crippen molar-refractivity contribution in [3.63, 3.8) is 0 Å². The maximum Gasteiger partial charge on any atom is 0.229 e. The zero-order chi connectivity index (χ0) is 20.9. The second kappa shape index (κ2) is 7.65. The van der Waals surface area contributed by atoms with E-state index in [2.05, 4.69) is 4.72 Å². The van der Waals surface area contributed by atoms with Gasteiger partial charge in [0.1, 0.15) is 12.0 Å². The smallest absolute Gasteiger partial charge is 0.229 e. The van der Waals surface area contributed by atoms with Crippen LogP contribution in [0.3, 0.4) is 0 Å². The zero-order valence-electron chi connectivity index (χ0n) is 17.0. The first kappa shape index (κ1) is 20.0. The molecule has 2 bridgehead atoms. The normalized spacial score (nSPS) is 31.9. The molecule has 30 heavy (non-hydrogen) atoms. The first-order chi connectivity index (χ1) is 14.5. The van der Waals surface area contributed by atoms with Crippen molar-refractivity contribution in [2.45, 2.75) is 43.9 Å². The van der Waals surface area contributed by atoms with Gasteiger partial charge in [-0.25, -0.2) is 8.78 Å². The number of halogens is 2. The fraction of sp³-hybridized carbons (Fsp3) is 0.458. The lowest BCUT2D eigenvalue weighted by molar-refractivity contribution is -0.178. The molecule has 2 aromatic carbocycles. The van der Waals surface area contributed by atoms with Gasteiger partial charge in [-0.1, -0.05) is 60.5 Å². The summed E-state index contributed by atoms with van der Waals surface area (Å²) < 4.78 is 33.5. The van der Waals surface area contributed by atoms with Gasteiger partial charge < -0.3 is 4.90 Å². The molecule has 3 nitrogen and oxygen atoms in total. The summed E-state index contributed by atoms with van der Waals surface area (Å²) in [5.41, 5.74) is 1.61. The Hall–Kier alpha value is -1.92. The van der Waals surface area contributed by atoms with Crippen molar-refractivity contribution >= 4 is 17.9 Å². The molecule has 1 aliphatic heterocycles. The number of amides is 1. The maximum absolute atomic E-state index is 15.4. The molecule has 6 heteroatoms. The molecule has 3 atom stereocenters. The molecule has 1 heterocycles. The largest absolute Gasteiger partial charge is 0.334 e. The van der Waals surface area contributed by atoms with Crippen LogP contribution in [0.1, 0.15) is 24.8 Å². The lowest BCUT2D eigenvalue weighted by Gasteiger charge is -2.61. The van der Waals surface area contributed by atoms with Crippen molar-refractivity contribution in [2.75, 3.05) is 12.8 Å². The van der Waals surface area contributed by atoms with Gasteiger partial charge in [0.25, 0.3) is 0 Å². The van der Waals surface area contributed by atoms with Crippen LogP contribution in [0.4, 0.5) is 8.78 Å². The Morgan fingerprint density at radius 2 is 1.90 bits per heavy atom. The van der Waals surface area contributed by atoms with Crippen LogP contribution in [-0.4, -0.2) is 41.9 Å². The van der Waals surface area contributed by atoms with E-state index >= 15 is 4.39 Å². The topological polar surface area (TPSA) is 32.3 Å². The average molecular weight is 429 g/mol. The minimum Gasteiger partial charge on any atom is -0.334 e. The monoisotopic (exact) mass is 428 g/mol. The number of hydrogen-bond acceptors (Lipinski definition) is 3. The summed E-state index contributed by atoms with van der Waals surface area (Å²) in [6.07, 6.45) is 3.81. The van der Waals surface area contributed by atoms with Gasteiger partial charge in [-0.05, 0) is 49.0 Å². The Kier molecular flexibility index (Phi) is 5.10. The second-order valence-electron chi connectivity index (χ2n) is 9.00. The van der Waals surface area contributed by atoms with E-state index in [-0.39, 0.29) is 23.7 Å². The highest BCUT2D eigenvalue weighted by Crippen LogP contribution is 2.65. The molecule has 1 amide bonds. The van der Waals surface area contributed by atoms with Crippen molar-refractivity contribution in [2.24, 2.45) is 11.3 Å². The van der Waals surface area contributed by atoms with Gasteiger partial charge in [0.15, 0.2) is 0 Å². The minimum atomic E-state index is -1.15. The molecule has 2 aromatic rings. The second-order valence-corrected chi connectivity index (χ2v) is 9.64. The molecular formula is C24H26F2N2OS. The molecule has 3 aliphatic carbocycles. The minimum absolute atomic E-state index is 0.0719. The third kappa shape index (κ3) is 3.16.